The molecule has 0 spiro atoms. The molecule has 2 aliphatic rings. The average molecular weight is 264 g/mol. The van der Waals surface area contributed by atoms with Gasteiger partial charge in [-0.25, -0.2) is 13.2 Å². The summed E-state index contributed by atoms with van der Waals surface area (Å²) >= 11 is 0. The van der Waals surface area contributed by atoms with Gasteiger partial charge in [-0.05, 0) is 12.3 Å². The first-order valence-corrected chi connectivity index (χ1v) is 6.35. The van der Waals surface area contributed by atoms with Gasteiger partial charge in [-0.2, -0.15) is 5.10 Å². The molecule has 0 bridgehead atoms. The summed E-state index contributed by atoms with van der Waals surface area (Å²) in [6.07, 6.45) is -1.95. The fraction of sp³-hybridized carbons (Fsp3) is 0.727. The number of hydrogen-bond donors (Lipinski definition) is 0. The highest BCUT2D eigenvalue weighted by atomic mass is 31.0. The summed E-state index contributed by atoms with van der Waals surface area (Å²) < 4.78 is 40.8. The van der Waals surface area contributed by atoms with Crippen molar-refractivity contribution in [3.05, 3.63) is 17.0 Å². The molecule has 0 aliphatic heterocycles. The molecule has 96 valence electrons. The van der Waals surface area contributed by atoms with E-state index in [4.69, 9.17) is 0 Å². The van der Waals surface area contributed by atoms with Gasteiger partial charge in [-0.3, -0.25) is 4.68 Å². The Morgan fingerprint density at radius 1 is 1.47 bits per heavy atom. The second-order valence-corrected chi connectivity index (χ2v) is 5.13. The van der Waals surface area contributed by atoms with Crippen LogP contribution in [0.15, 0.2) is 0 Å². The topological polar surface area (TPSA) is 17.8 Å². The molecule has 4 atom stereocenters. The van der Waals surface area contributed by atoms with E-state index in [1.54, 1.807) is 0 Å². The van der Waals surface area contributed by atoms with Crippen molar-refractivity contribution in [1.82, 2.24) is 9.78 Å². The predicted molar refractivity (Wildman–Crippen MR) is 62.9 cm³/mol. The fourth-order valence-corrected chi connectivity index (χ4v) is 3.41. The maximum Gasteiger partial charge on any atom is 0.282 e. The van der Waals surface area contributed by atoms with Crippen molar-refractivity contribution in [3.63, 3.8) is 0 Å². The lowest BCUT2D eigenvalue weighted by molar-refractivity contribution is 0.144. The van der Waals surface area contributed by atoms with Crippen LogP contribution in [0.2, 0.25) is 0 Å². The maximum atomic E-state index is 14.2. The van der Waals surface area contributed by atoms with Crippen molar-refractivity contribution >= 4 is 9.24 Å². The Balaban J connectivity index is 0.000000514. The Morgan fingerprint density at radius 3 is 2.59 bits per heavy atom. The summed E-state index contributed by atoms with van der Waals surface area (Å²) in [6, 6.07) is 0. The van der Waals surface area contributed by atoms with Gasteiger partial charge in [-0.15, -0.1) is 0 Å². The molecular formula is C11H16F3N2P. The Labute approximate surface area is 101 Å². The summed E-state index contributed by atoms with van der Waals surface area (Å²) in [5.74, 6) is -0.181. The zero-order valence-corrected chi connectivity index (χ0v) is 11.2. The molecule has 1 aromatic rings. The van der Waals surface area contributed by atoms with E-state index in [1.807, 2.05) is 13.8 Å². The molecule has 0 aromatic carbocycles. The molecule has 1 saturated carbocycles. The number of nitrogens with zero attached hydrogens (tertiary/aromatic N) is 2. The van der Waals surface area contributed by atoms with E-state index in [0.717, 1.165) is 0 Å². The molecule has 3 rings (SSSR count). The van der Waals surface area contributed by atoms with Crippen LogP contribution in [0.1, 0.15) is 49.6 Å². The second-order valence-electron chi connectivity index (χ2n) is 4.29. The van der Waals surface area contributed by atoms with Crippen molar-refractivity contribution in [2.24, 2.45) is 13.0 Å². The Morgan fingerprint density at radius 2 is 2.06 bits per heavy atom. The van der Waals surface area contributed by atoms with Crippen LogP contribution in [0.25, 0.3) is 0 Å². The molecule has 1 heterocycles. The fourth-order valence-electron chi connectivity index (χ4n) is 2.70. The molecule has 2 nitrogen and oxygen atoms in total. The molecular weight excluding hydrogens is 248 g/mol. The summed E-state index contributed by atoms with van der Waals surface area (Å²) in [6.45, 7) is 4.00. The van der Waals surface area contributed by atoms with Gasteiger partial charge in [-0.1, -0.05) is 23.1 Å². The third-order valence-electron chi connectivity index (χ3n) is 3.38. The molecule has 1 aromatic heterocycles. The van der Waals surface area contributed by atoms with E-state index in [0.29, 0.717) is 17.7 Å². The van der Waals surface area contributed by atoms with Crippen LogP contribution < -0.4 is 0 Å². The largest absolute Gasteiger partial charge is 0.282 e. The Bertz CT molecular complexity index is 442. The van der Waals surface area contributed by atoms with Gasteiger partial charge in [0.25, 0.3) is 6.43 Å². The average Bonchev–Trinajstić information content (AvgIpc) is 2.93. The monoisotopic (exact) mass is 264 g/mol. The number of alkyl halides is 3. The van der Waals surface area contributed by atoms with E-state index >= 15 is 0 Å². The van der Waals surface area contributed by atoms with E-state index in [2.05, 4.69) is 14.3 Å². The van der Waals surface area contributed by atoms with Crippen molar-refractivity contribution in [2.75, 3.05) is 0 Å². The predicted octanol–water partition coefficient (Wildman–Crippen LogP) is 3.50. The normalized spacial score (nSPS) is 32.9. The number of aryl methyl sites for hydroxylation is 1. The summed E-state index contributed by atoms with van der Waals surface area (Å²) in [7, 11) is 3.67. The first-order valence-electron chi connectivity index (χ1n) is 5.77. The Kier molecular flexibility index (Phi) is 3.01. The quantitative estimate of drug-likeness (QED) is 0.710. The molecule has 17 heavy (non-hydrogen) atoms. The molecule has 4 unspecified atom stereocenters. The summed E-state index contributed by atoms with van der Waals surface area (Å²) in [5, 5.41) is 2.16. The van der Waals surface area contributed by atoms with E-state index in [9.17, 15) is 13.2 Å². The minimum Gasteiger partial charge on any atom is -0.268 e. The van der Waals surface area contributed by atoms with E-state index in [1.165, 1.54) is 11.7 Å². The highest BCUT2D eigenvalue weighted by molar-refractivity contribution is 7.18. The molecule has 6 heteroatoms. The van der Waals surface area contributed by atoms with Crippen LogP contribution in [0.4, 0.5) is 13.2 Å². The SMILES string of the molecule is CC.Cn1nc(C(F)F)c2c1C(F)(P)C1CC21. The molecule has 0 radical (unpaired) electrons. The van der Waals surface area contributed by atoms with Gasteiger partial charge in [0.05, 0.1) is 5.69 Å². The zero-order chi connectivity index (χ0) is 13.0. The standard InChI is InChI=1S/C9H10F3N2P.C2H6/c1-14-7-5(6(13-14)8(10)11)3-2-4(3)9(7,12)15;1-2/h3-4,8H,2,15H2,1H3;1-2H3. The second kappa shape index (κ2) is 3.98. The van der Waals surface area contributed by atoms with Gasteiger partial charge < -0.3 is 0 Å². The lowest BCUT2D eigenvalue weighted by atomic mass is 10.1. The third-order valence-corrected chi connectivity index (χ3v) is 4.08. The van der Waals surface area contributed by atoms with Crippen molar-refractivity contribution in [3.8, 4) is 0 Å². The van der Waals surface area contributed by atoms with Crippen molar-refractivity contribution in [1.29, 1.82) is 0 Å². The highest BCUT2D eigenvalue weighted by Gasteiger charge is 2.63. The number of halogens is 3. The van der Waals surface area contributed by atoms with Gasteiger partial charge in [0.15, 0.2) is 5.41 Å². The molecule has 0 saturated heterocycles. The summed E-state index contributed by atoms with van der Waals surface area (Å²) in [5.41, 5.74) is 0.543. The number of rotatable bonds is 1. The molecule has 0 N–H and O–H groups in total. The van der Waals surface area contributed by atoms with E-state index < -0.39 is 11.8 Å². The minimum atomic E-state index is -2.61. The van der Waals surface area contributed by atoms with Gasteiger partial charge in [0.1, 0.15) is 5.69 Å². The van der Waals surface area contributed by atoms with E-state index in [-0.39, 0.29) is 17.5 Å². The first kappa shape index (κ1) is 12.9. The smallest absolute Gasteiger partial charge is 0.268 e. The third kappa shape index (κ3) is 1.62. The molecule has 0 amide bonds. The molecule has 1 fully saturated rings. The maximum absolute atomic E-state index is 14.2. The van der Waals surface area contributed by atoms with Crippen molar-refractivity contribution in [2.45, 2.75) is 38.0 Å². The number of hydrogen-bond acceptors (Lipinski definition) is 1. The zero-order valence-electron chi connectivity index (χ0n) is 10.0. The number of aromatic nitrogens is 2. The first-order chi connectivity index (χ1) is 7.94. The van der Waals surface area contributed by atoms with Crippen molar-refractivity contribution < 1.29 is 13.2 Å². The van der Waals surface area contributed by atoms with Gasteiger partial charge in [0.2, 0.25) is 0 Å². The minimum absolute atomic E-state index is 0.0415. The van der Waals surface area contributed by atoms with Crippen LogP contribution >= 0.6 is 9.24 Å². The van der Waals surface area contributed by atoms with Gasteiger partial charge in [0, 0.05) is 18.5 Å². The molecule has 2 aliphatic carbocycles. The van der Waals surface area contributed by atoms with Crippen LogP contribution in [0.3, 0.4) is 0 Å². The lowest BCUT2D eigenvalue weighted by Crippen LogP contribution is -2.16. The Hall–Kier alpha value is -0.570. The van der Waals surface area contributed by atoms with Crippen LogP contribution in [-0.4, -0.2) is 9.78 Å². The number of fused-ring (bicyclic) bond motifs is 3. The lowest BCUT2D eigenvalue weighted by Gasteiger charge is -2.16. The van der Waals surface area contributed by atoms with Crippen LogP contribution in [0, 0.1) is 5.92 Å². The van der Waals surface area contributed by atoms with Crippen LogP contribution in [0.5, 0.6) is 0 Å². The van der Waals surface area contributed by atoms with Crippen LogP contribution in [-0.2, 0) is 12.5 Å². The summed E-state index contributed by atoms with van der Waals surface area (Å²) in [4.78, 5) is 0. The highest BCUT2D eigenvalue weighted by Crippen LogP contribution is 2.69. The van der Waals surface area contributed by atoms with Gasteiger partial charge >= 0.3 is 0 Å².